The Balaban J connectivity index is 1.71. The third kappa shape index (κ3) is 3.80. The Morgan fingerprint density at radius 3 is 2.38 bits per heavy atom. The van der Waals surface area contributed by atoms with Gasteiger partial charge in [0.1, 0.15) is 18.2 Å². The van der Waals surface area contributed by atoms with Crippen molar-refractivity contribution in [2.45, 2.75) is 65.1 Å². The Hall–Kier alpha value is -3.42. The number of hydrogen-bond donors (Lipinski definition) is 0. The maximum atomic E-state index is 7.44. The number of aryl methyl sites for hydroxylation is 2. The van der Waals surface area contributed by atoms with Crippen LogP contribution in [0.3, 0.4) is 0 Å². The molecule has 186 valence electrons. The van der Waals surface area contributed by atoms with Gasteiger partial charge in [0.15, 0.2) is 5.69 Å². The lowest BCUT2D eigenvalue weighted by molar-refractivity contribution is -0.633. The zero-order chi connectivity index (χ0) is 26.1. The number of rotatable bonds is 3. The van der Waals surface area contributed by atoms with Gasteiger partial charge in [-0.05, 0) is 67.5 Å². The van der Waals surface area contributed by atoms with E-state index in [0.29, 0.717) is 11.6 Å². The van der Waals surface area contributed by atoms with Gasteiger partial charge < -0.3 is 4.42 Å². The molecule has 4 heteroatoms. The van der Waals surface area contributed by atoms with Crippen LogP contribution in [-0.2, 0) is 7.05 Å². The Labute approximate surface area is 220 Å². The normalized spacial score (nSPS) is 14.7. The molecule has 0 radical (unpaired) electrons. The topological polar surface area (TPSA) is 21.4 Å². The van der Waals surface area contributed by atoms with Crippen LogP contribution in [0.4, 0.5) is 5.69 Å². The number of fused-ring (bicyclic) bond motifs is 4. The molecule has 0 aliphatic heterocycles. The molecule has 37 heavy (non-hydrogen) atoms. The number of aromatic nitrogens is 1. The number of furan rings is 1. The van der Waals surface area contributed by atoms with E-state index in [4.69, 9.17) is 11.0 Å². The van der Waals surface area contributed by atoms with Crippen LogP contribution in [-0.4, -0.2) is 8.07 Å². The number of nitrogens with zero attached hydrogens (tertiary/aromatic N) is 2. The molecule has 1 aliphatic carbocycles. The third-order valence-corrected chi connectivity index (χ3v) is 10.7. The molecule has 0 saturated heterocycles. The van der Waals surface area contributed by atoms with E-state index in [-0.39, 0.29) is 0 Å². The van der Waals surface area contributed by atoms with Crippen molar-refractivity contribution in [2.75, 3.05) is 0 Å². The fraction of sp³-hybridized carbons (Fsp3) is 0.333. The van der Waals surface area contributed by atoms with E-state index >= 15 is 0 Å². The van der Waals surface area contributed by atoms with Crippen LogP contribution in [0.25, 0.3) is 48.9 Å². The van der Waals surface area contributed by atoms with Crippen molar-refractivity contribution in [1.29, 1.82) is 0 Å². The maximum Gasteiger partial charge on any atom is 0.217 e. The molecular formula is C33H35N2OSi+. The second kappa shape index (κ2) is 8.57. The van der Waals surface area contributed by atoms with E-state index in [0.717, 1.165) is 21.9 Å². The van der Waals surface area contributed by atoms with E-state index in [1.165, 1.54) is 69.7 Å². The van der Waals surface area contributed by atoms with Gasteiger partial charge in [-0.15, -0.1) is 0 Å². The highest BCUT2D eigenvalue weighted by molar-refractivity contribution is 6.88. The monoisotopic (exact) mass is 503 g/mol. The largest absolute Gasteiger partial charge is 0.456 e. The predicted octanol–water partition coefficient (Wildman–Crippen LogP) is 8.60. The molecule has 0 N–H and O–H groups in total. The van der Waals surface area contributed by atoms with Crippen molar-refractivity contribution < 1.29 is 8.98 Å². The third-order valence-electron chi connectivity index (χ3n) is 8.64. The fourth-order valence-electron chi connectivity index (χ4n) is 6.30. The van der Waals surface area contributed by atoms with Crippen LogP contribution >= 0.6 is 0 Å². The molecule has 0 bridgehead atoms. The zero-order valence-corrected chi connectivity index (χ0v) is 23.8. The summed E-state index contributed by atoms with van der Waals surface area (Å²) in [6.07, 6.45) is 5.17. The average molecular weight is 504 g/mol. The summed E-state index contributed by atoms with van der Waals surface area (Å²) in [4.78, 5) is 3.62. The van der Waals surface area contributed by atoms with Crippen molar-refractivity contribution in [1.82, 2.24) is 0 Å². The number of benzene rings is 3. The van der Waals surface area contributed by atoms with Crippen molar-refractivity contribution in [2.24, 2.45) is 7.05 Å². The van der Waals surface area contributed by atoms with Crippen LogP contribution in [0.5, 0.6) is 0 Å². The average Bonchev–Trinajstić information content (AvgIpc) is 3.53. The van der Waals surface area contributed by atoms with Gasteiger partial charge >= 0.3 is 0 Å². The molecule has 2 aromatic heterocycles. The smallest absolute Gasteiger partial charge is 0.217 e. The highest BCUT2D eigenvalue weighted by Gasteiger charge is 2.29. The molecular weight excluding hydrogens is 468 g/mol. The Kier molecular flexibility index (Phi) is 5.54. The highest BCUT2D eigenvalue weighted by Crippen LogP contribution is 2.43. The first kappa shape index (κ1) is 23.9. The molecule has 2 heterocycles. The summed E-state index contributed by atoms with van der Waals surface area (Å²) in [6.45, 7) is 19.2. The number of hydrogen-bond acceptors (Lipinski definition) is 1. The van der Waals surface area contributed by atoms with Crippen molar-refractivity contribution in [3.8, 4) is 11.3 Å². The van der Waals surface area contributed by atoms with Gasteiger partial charge in [-0.25, -0.2) is 4.85 Å². The Bertz CT molecular complexity index is 1760. The molecule has 0 amide bonds. The first-order chi connectivity index (χ1) is 17.7. The van der Waals surface area contributed by atoms with Crippen molar-refractivity contribution in [3.05, 3.63) is 76.6 Å². The minimum absolute atomic E-state index is 0.608. The van der Waals surface area contributed by atoms with Crippen molar-refractivity contribution in [3.63, 3.8) is 0 Å². The SMILES string of the molecule is [C-]#[N+]c1ccc2c(c1)oc1c(-c3cc(C4CCCC4)c4cc([Si](C)(C)C)ccc4[n+]3C)c(C)c(C)cc12. The quantitative estimate of drug-likeness (QED) is 0.137. The minimum atomic E-state index is -1.43. The first-order valence-corrected chi connectivity index (χ1v) is 17.0. The van der Waals surface area contributed by atoms with E-state index in [1.807, 2.05) is 18.2 Å². The molecule has 0 atom stereocenters. The minimum Gasteiger partial charge on any atom is -0.456 e. The molecule has 6 rings (SSSR count). The van der Waals surface area contributed by atoms with E-state index in [1.54, 1.807) is 0 Å². The van der Waals surface area contributed by atoms with E-state index in [9.17, 15) is 0 Å². The fourth-order valence-corrected chi connectivity index (χ4v) is 7.46. The Morgan fingerprint density at radius 1 is 0.919 bits per heavy atom. The van der Waals surface area contributed by atoms with Gasteiger partial charge in [-0.1, -0.05) is 55.9 Å². The lowest BCUT2D eigenvalue weighted by atomic mass is 9.90. The Morgan fingerprint density at radius 2 is 1.68 bits per heavy atom. The lowest BCUT2D eigenvalue weighted by Crippen LogP contribution is -2.39. The van der Waals surface area contributed by atoms with Crippen LogP contribution in [0.1, 0.15) is 48.3 Å². The molecule has 5 aromatic rings. The van der Waals surface area contributed by atoms with Crippen LogP contribution in [0.2, 0.25) is 19.6 Å². The number of pyridine rings is 1. The van der Waals surface area contributed by atoms with Gasteiger partial charge in [0.2, 0.25) is 11.2 Å². The van der Waals surface area contributed by atoms with Gasteiger partial charge in [0.25, 0.3) is 0 Å². The van der Waals surface area contributed by atoms with Crippen LogP contribution < -0.4 is 9.75 Å². The summed E-state index contributed by atoms with van der Waals surface area (Å²) < 4.78 is 8.94. The van der Waals surface area contributed by atoms with Gasteiger partial charge in [-0.3, -0.25) is 0 Å². The standard InChI is InChI=1S/C33H35N2OSi/c1-20-16-28-25-14-12-23(34-3)17-31(25)36-33(28)32(21(20)2)30-19-26(22-10-8-9-11-22)27-18-24(37(5,6)7)13-15-29(27)35(30)4/h12-19,22H,8-11H2,1-2,4-7H3/q+1. The molecule has 0 unspecified atom stereocenters. The predicted molar refractivity (Wildman–Crippen MR) is 158 cm³/mol. The van der Waals surface area contributed by atoms with Crippen LogP contribution in [0.15, 0.2) is 52.9 Å². The highest BCUT2D eigenvalue weighted by atomic mass is 28.3. The molecule has 1 fully saturated rings. The van der Waals surface area contributed by atoms with E-state index < -0.39 is 8.07 Å². The van der Waals surface area contributed by atoms with Gasteiger partial charge in [0, 0.05) is 28.3 Å². The van der Waals surface area contributed by atoms with E-state index in [2.05, 4.69) is 80.3 Å². The molecule has 3 aromatic carbocycles. The van der Waals surface area contributed by atoms with Crippen molar-refractivity contribution >= 4 is 51.8 Å². The molecule has 3 nitrogen and oxygen atoms in total. The summed E-state index contributed by atoms with van der Waals surface area (Å²) in [5, 5.41) is 5.15. The lowest BCUT2D eigenvalue weighted by Gasteiger charge is -2.20. The molecule has 0 spiro atoms. The summed E-state index contributed by atoms with van der Waals surface area (Å²) in [5.74, 6) is 0.608. The molecule has 1 saturated carbocycles. The summed E-state index contributed by atoms with van der Waals surface area (Å²) in [5.41, 5.74) is 10.0. The maximum absolute atomic E-state index is 7.44. The first-order valence-electron chi connectivity index (χ1n) is 13.5. The summed E-state index contributed by atoms with van der Waals surface area (Å²) in [7, 11) is 0.773. The summed E-state index contributed by atoms with van der Waals surface area (Å²) >= 11 is 0. The zero-order valence-electron chi connectivity index (χ0n) is 22.8. The van der Waals surface area contributed by atoms with Gasteiger partial charge in [0.05, 0.1) is 20.2 Å². The van der Waals surface area contributed by atoms with Gasteiger partial charge in [-0.2, -0.15) is 4.57 Å². The molecule has 1 aliphatic rings. The second-order valence-corrected chi connectivity index (χ2v) is 17.0. The second-order valence-electron chi connectivity index (χ2n) is 12.0. The summed E-state index contributed by atoms with van der Waals surface area (Å²) in [6, 6.07) is 17.8. The van der Waals surface area contributed by atoms with Crippen LogP contribution in [0, 0.1) is 20.4 Å².